The molecule has 0 spiro atoms. The predicted molar refractivity (Wildman–Crippen MR) is 47.0 cm³/mol. The maximum Gasteiger partial charge on any atom is 0.0886 e. The second kappa shape index (κ2) is 2.32. The third-order valence-corrected chi connectivity index (χ3v) is 3.17. The molecular weight excluding hydrogens is 156 g/mol. The fourth-order valence-corrected chi connectivity index (χ4v) is 2.56. The van der Waals surface area contributed by atoms with Crippen molar-refractivity contribution in [2.75, 3.05) is 6.61 Å². The van der Waals surface area contributed by atoms with Crippen molar-refractivity contribution in [3.63, 3.8) is 0 Å². The highest BCUT2D eigenvalue weighted by atomic mass is 32.1. The lowest BCUT2D eigenvalue weighted by atomic mass is 9.96. The molecule has 0 amide bonds. The lowest BCUT2D eigenvalue weighted by Gasteiger charge is -2.30. The van der Waals surface area contributed by atoms with Crippen molar-refractivity contribution in [1.29, 1.82) is 0 Å². The Bertz CT molecular complexity index is 262. The molecule has 11 heavy (non-hydrogen) atoms. The fourth-order valence-electron chi connectivity index (χ4n) is 1.55. The first kappa shape index (κ1) is 7.32. The normalized spacial score (nSPS) is 21.3. The molecule has 1 aromatic heterocycles. The standard InChI is InChI=1S/C9H12OS/c1-9(2)7-4-6-11-8(7)3-5-10-9/h4,6H,3,5H2,1-2H3. The molecule has 0 radical (unpaired) electrons. The average Bonchev–Trinajstić information content (AvgIpc) is 2.34. The van der Waals surface area contributed by atoms with Gasteiger partial charge in [0.25, 0.3) is 0 Å². The summed E-state index contributed by atoms with van der Waals surface area (Å²) >= 11 is 1.85. The summed E-state index contributed by atoms with van der Waals surface area (Å²) in [5.74, 6) is 0. The SMILES string of the molecule is CC1(C)OCCc2sccc21. The maximum absolute atomic E-state index is 5.66. The van der Waals surface area contributed by atoms with E-state index in [1.165, 1.54) is 10.4 Å². The van der Waals surface area contributed by atoms with Crippen LogP contribution in [0.4, 0.5) is 0 Å². The number of thiophene rings is 1. The van der Waals surface area contributed by atoms with Crippen LogP contribution in [0.15, 0.2) is 11.4 Å². The molecule has 0 fully saturated rings. The van der Waals surface area contributed by atoms with Gasteiger partial charge in [0.1, 0.15) is 0 Å². The van der Waals surface area contributed by atoms with E-state index in [4.69, 9.17) is 4.74 Å². The van der Waals surface area contributed by atoms with E-state index in [1.54, 1.807) is 0 Å². The first-order chi connectivity index (χ1) is 5.20. The van der Waals surface area contributed by atoms with Gasteiger partial charge in [0, 0.05) is 11.3 Å². The van der Waals surface area contributed by atoms with Crippen LogP contribution >= 0.6 is 11.3 Å². The maximum atomic E-state index is 5.66. The summed E-state index contributed by atoms with van der Waals surface area (Å²) in [4.78, 5) is 1.50. The molecule has 1 nitrogen and oxygen atoms in total. The quantitative estimate of drug-likeness (QED) is 0.578. The predicted octanol–water partition coefficient (Wildman–Crippen LogP) is 2.56. The van der Waals surface area contributed by atoms with Crippen LogP contribution in [-0.4, -0.2) is 6.61 Å². The minimum atomic E-state index is -0.0480. The second-order valence-corrected chi connectivity index (χ2v) is 4.37. The Morgan fingerprint density at radius 2 is 2.36 bits per heavy atom. The molecule has 0 unspecified atom stereocenters. The highest BCUT2D eigenvalue weighted by Crippen LogP contribution is 2.35. The van der Waals surface area contributed by atoms with Gasteiger partial charge in [-0.3, -0.25) is 0 Å². The van der Waals surface area contributed by atoms with Gasteiger partial charge in [0.05, 0.1) is 12.2 Å². The van der Waals surface area contributed by atoms with E-state index in [-0.39, 0.29) is 5.60 Å². The molecule has 0 saturated heterocycles. The molecular formula is C9H12OS. The van der Waals surface area contributed by atoms with Crippen molar-refractivity contribution in [2.45, 2.75) is 25.9 Å². The largest absolute Gasteiger partial charge is 0.370 e. The van der Waals surface area contributed by atoms with Crippen molar-refractivity contribution in [2.24, 2.45) is 0 Å². The van der Waals surface area contributed by atoms with Crippen LogP contribution in [-0.2, 0) is 16.8 Å². The van der Waals surface area contributed by atoms with Crippen molar-refractivity contribution in [3.8, 4) is 0 Å². The Hall–Kier alpha value is -0.340. The van der Waals surface area contributed by atoms with Gasteiger partial charge < -0.3 is 4.74 Å². The molecule has 0 saturated carbocycles. The van der Waals surface area contributed by atoms with E-state index in [0.717, 1.165) is 13.0 Å². The van der Waals surface area contributed by atoms with Crippen molar-refractivity contribution in [3.05, 3.63) is 21.9 Å². The molecule has 2 heterocycles. The Morgan fingerprint density at radius 3 is 3.09 bits per heavy atom. The Labute approximate surface area is 71.0 Å². The van der Waals surface area contributed by atoms with E-state index >= 15 is 0 Å². The van der Waals surface area contributed by atoms with E-state index in [1.807, 2.05) is 11.3 Å². The van der Waals surface area contributed by atoms with Gasteiger partial charge in [-0.2, -0.15) is 0 Å². The molecule has 0 aromatic carbocycles. The third-order valence-electron chi connectivity index (χ3n) is 2.19. The molecule has 1 aliphatic rings. The summed E-state index contributed by atoms with van der Waals surface area (Å²) in [5, 5.41) is 2.15. The molecule has 0 N–H and O–H groups in total. The molecule has 2 heteroatoms. The van der Waals surface area contributed by atoms with Gasteiger partial charge in [-0.25, -0.2) is 0 Å². The molecule has 1 aromatic rings. The lowest BCUT2D eigenvalue weighted by molar-refractivity contribution is -0.0303. The van der Waals surface area contributed by atoms with Crippen LogP contribution in [0.2, 0.25) is 0 Å². The topological polar surface area (TPSA) is 9.23 Å². The molecule has 0 atom stereocenters. The number of fused-ring (bicyclic) bond motifs is 1. The summed E-state index contributed by atoms with van der Waals surface area (Å²) in [6.07, 6.45) is 1.09. The number of ether oxygens (including phenoxy) is 1. The number of rotatable bonds is 0. The van der Waals surface area contributed by atoms with E-state index < -0.39 is 0 Å². The van der Waals surface area contributed by atoms with Crippen LogP contribution in [0.1, 0.15) is 24.3 Å². The van der Waals surface area contributed by atoms with Crippen molar-refractivity contribution >= 4 is 11.3 Å². The molecule has 0 bridgehead atoms. The minimum absolute atomic E-state index is 0.0480. The van der Waals surface area contributed by atoms with Gasteiger partial charge >= 0.3 is 0 Å². The lowest BCUT2D eigenvalue weighted by Crippen LogP contribution is -2.27. The Morgan fingerprint density at radius 1 is 1.55 bits per heavy atom. The van der Waals surface area contributed by atoms with E-state index in [0.29, 0.717) is 0 Å². The second-order valence-electron chi connectivity index (χ2n) is 3.37. The fraction of sp³-hybridized carbons (Fsp3) is 0.556. The summed E-state index contributed by atoms with van der Waals surface area (Å²) in [6, 6.07) is 2.18. The van der Waals surface area contributed by atoms with E-state index in [9.17, 15) is 0 Å². The third kappa shape index (κ3) is 1.10. The summed E-state index contributed by atoms with van der Waals surface area (Å²) in [7, 11) is 0. The van der Waals surface area contributed by atoms with E-state index in [2.05, 4.69) is 25.3 Å². The van der Waals surface area contributed by atoms with Crippen molar-refractivity contribution < 1.29 is 4.74 Å². The number of hydrogen-bond donors (Lipinski definition) is 0. The molecule has 60 valence electrons. The molecule has 1 aliphatic heterocycles. The monoisotopic (exact) mass is 168 g/mol. The van der Waals surface area contributed by atoms with Crippen LogP contribution in [0.3, 0.4) is 0 Å². The summed E-state index contributed by atoms with van der Waals surface area (Å²) < 4.78 is 5.66. The first-order valence-electron chi connectivity index (χ1n) is 3.91. The van der Waals surface area contributed by atoms with Gasteiger partial charge in [0.2, 0.25) is 0 Å². The van der Waals surface area contributed by atoms with Crippen LogP contribution < -0.4 is 0 Å². The van der Waals surface area contributed by atoms with Gasteiger partial charge in [0.15, 0.2) is 0 Å². The molecule has 0 aliphatic carbocycles. The zero-order valence-corrected chi connectivity index (χ0v) is 7.70. The molecule has 2 rings (SSSR count). The van der Waals surface area contributed by atoms with Gasteiger partial charge in [-0.1, -0.05) is 0 Å². The average molecular weight is 168 g/mol. The van der Waals surface area contributed by atoms with Gasteiger partial charge in [-0.15, -0.1) is 11.3 Å². The highest BCUT2D eigenvalue weighted by molar-refractivity contribution is 7.10. The summed E-state index contributed by atoms with van der Waals surface area (Å²) in [5.41, 5.74) is 1.34. The first-order valence-corrected chi connectivity index (χ1v) is 4.79. The Balaban J connectivity index is 2.48. The number of hydrogen-bond acceptors (Lipinski definition) is 2. The Kier molecular flexibility index (Phi) is 1.55. The smallest absolute Gasteiger partial charge is 0.0886 e. The highest BCUT2D eigenvalue weighted by Gasteiger charge is 2.28. The zero-order valence-electron chi connectivity index (χ0n) is 6.89. The van der Waals surface area contributed by atoms with Crippen LogP contribution in [0.5, 0.6) is 0 Å². The summed E-state index contributed by atoms with van der Waals surface area (Å²) in [6.45, 7) is 5.15. The van der Waals surface area contributed by atoms with Crippen molar-refractivity contribution in [1.82, 2.24) is 0 Å². The minimum Gasteiger partial charge on any atom is -0.370 e. The van der Waals surface area contributed by atoms with Crippen LogP contribution in [0, 0.1) is 0 Å². The zero-order chi connectivity index (χ0) is 7.90. The van der Waals surface area contributed by atoms with Crippen LogP contribution in [0.25, 0.3) is 0 Å². The van der Waals surface area contributed by atoms with Gasteiger partial charge in [-0.05, 0) is 30.9 Å².